The fraction of sp³-hybridized carbons (Fsp3) is 0.556. The number of hydrogen-bond acceptors (Lipinski definition) is 4. The summed E-state index contributed by atoms with van der Waals surface area (Å²) >= 11 is 0. The molecule has 1 fully saturated rings. The lowest BCUT2D eigenvalue weighted by Crippen LogP contribution is -2.51. The summed E-state index contributed by atoms with van der Waals surface area (Å²) in [5, 5.41) is 9.54. The minimum absolute atomic E-state index is 0.212. The monoisotopic (exact) mass is 184 g/mol. The molecule has 0 aliphatic carbocycles. The smallest absolute Gasteiger partial charge is 0.177 e. The molecule has 2 aliphatic rings. The van der Waals surface area contributed by atoms with E-state index in [1.165, 1.54) is 6.26 Å². The lowest BCUT2D eigenvalue weighted by atomic mass is 10.1. The largest absolute Gasteiger partial charge is 0.493 e. The van der Waals surface area contributed by atoms with E-state index in [0.717, 1.165) is 0 Å². The van der Waals surface area contributed by atoms with Gasteiger partial charge >= 0.3 is 0 Å². The van der Waals surface area contributed by atoms with Gasteiger partial charge in [0.05, 0.1) is 12.9 Å². The minimum Gasteiger partial charge on any atom is -0.493 e. The molecular formula is C9H12O4. The van der Waals surface area contributed by atoms with Crippen LogP contribution in [0.5, 0.6) is 0 Å². The van der Waals surface area contributed by atoms with Crippen molar-refractivity contribution in [1.82, 2.24) is 0 Å². The van der Waals surface area contributed by atoms with Gasteiger partial charge in [-0.3, -0.25) is 0 Å². The van der Waals surface area contributed by atoms with Crippen LogP contribution in [0.3, 0.4) is 0 Å². The van der Waals surface area contributed by atoms with Crippen molar-refractivity contribution in [2.24, 2.45) is 0 Å². The molecule has 2 rings (SSSR count). The summed E-state index contributed by atoms with van der Waals surface area (Å²) in [5.41, 5.74) is 0. The quantitative estimate of drug-likeness (QED) is 0.591. The van der Waals surface area contributed by atoms with Crippen molar-refractivity contribution in [2.75, 3.05) is 6.61 Å². The summed E-state index contributed by atoms with van der Waals surface area (Å²) in [6, 6.07) is 0. The van der Waals surface area contributed by atoms with E-state index in [-0.39, 0.29) is 12.2 Å². The van der Waals surface area contributed by atoms with Crippen molar-refractivity contribution >= 4 is 0 Å². The van der Waals surface area contributed by atoms with Crippen molar-refractivity contribution in [3.63, 3.8) is 0 Å². The van der Waals surface area contributed by atoms with E-state index in [0.29, 0.717) is 6.61 Å². The van der Waals surface area contributed by atoms with E-state index in [9.17, 15) is 5.11 Å². The van der Waals surface area contributed by atoms with Crippen LogP contribution < -0.4 is 0 Å². The molecule has 0 bridgehead atoms. The summed E-state index contributed by atoms with van der Waals surface area (Å²) in [6.45, 7) is 3.98. The highest BCUT2D eigenvalue weighted by Crippen LogP contribution is 2.23. The Kier molecular flexibility index (Phi) is 2.35. The van der Waals surface area contributed by atoms with Gasteiger partial charge in [0.15, 0.2) is 12.4 Å². The van der Waals surface area contributed by atoms with Crippen molar-refractivity contribution in [3.05, 3.63) is 25.0 Å². The van der Waals surface area contributed by atoms with Gasteiger partial charge in [-0.2, -0.15) is 0 Å². The van der Waals surface area contributed by atoms with E-state index in [4.69, 9.17) is 14.2 Å². The molecule has 4 atom stereocenters. The third-order valence-corrected chi connectivity index (χ3v) is 2.14. The van der Waals surface area contributed by atoms with Crippen LogP contribution in [-0.2, 0) is 14.2 Å². The van der Waals surface area contributed by atoms with Crippen LogP contribution >= 0.6 is 0 Å². The summed E-state index contributed by atoms with van der Waals surface area (Å²) in [4.78, 5) is 0. The molecule has 0 radical (unpaired) electrons. The zero-order valence-corrected chi connectivity index (χ0v) is 7.13. The third kappa shape index (κ3) is 1.60. The third-order valence-electron chi connectivity index (χ3n) is 2.14. The molecule has 0 unspecified atom stereocenters. The zero-order valence-electron chi connectivity index (χ0n) is 7.13. The van der Waals surface area contributed by atoms with Crippen molar-refractivity contribution in [1.29, 1.82) is 0 Å². The second-order valence-corrected chi connectivity index (χ2v) is 3.03. The van der Waals surface area contributed by atoms with Gasteiger partial charge in [0.2, 0.25) is 0 Å². The van der Waals surface area contributed by atoms with Gasteiger partial charge in [0.1, 0.15) is 12.2 Å². The summed E-state index contributed by atoms with van der Waals surface area (Å²) in [6.07, 6.45) is 2.98. The summed E-state index contributed by atoms with van der Waals surface area (Å²) < 4.78 is 15.8. The molecule has 1 saturated heterocycles. The van der Waals surface area contributed by atoms with Gasteiger partial charge in [-0.05, 0) is 12.2 Å². The zero-order chi connectivity index (χ0) is 9.26. The Labute approximate surface area is 76.4 Å². The number of fused-ring (bicyclic) bond motifs is 1. The number of ether oxygens (including phenoxy) is 3. The van der Waals surface area contributed by atoms with Crippen LogP contribution in [0.15, 0.2) is 25.0 Å². The standard InChI is InChI=1S/C9H12O4/c1-2-8-12-5-7-9(13-8)6(10)3-4-11-7/h2-4,6-10H,1,5H2/t6-,7-,8-,9+/m1/s1. The highest BCUT2D eigenvalue weighted by atomic mass is 16.7. The Balaban J connectivity index is 2.07. The van der Waals surface area contributed by atoms with Gasteiger partial charge in [0, 0.05) is 0 Å². The van der Waals surface area contributed by atoms with Crippen LogP contribution in [-0.4, -0.2) is 36.3 Å². The molecule has 0 amide bonds. The number of hydrogen-bond donors (Lipinski definition) is 1. The molecule has 4 nitrogen and oxygen atoms in total. The van der Waals surface area contributed by atoms with E-state index < -0.39 is 12.4 Å². The van der Waals surface area contributed by atoms with Crippen molar-refractivity contribution < 1.29 is 19.3 Å². The minimum atomic E-state index is -0.620. The molecule has 72 valence electrons. The predicted molar refractivity (Wildman–Crippen MR) is 44.8 cm³/mol. The first-order valence-corrected chi connectivity index (χ1v) is 4.21. The Morgan fingerprint density at radius 1 is 1.54 bits per heavy atom. The van der Waals surface area contributed by atoms with Gasteiger partial charge in [0.25, 0.3) is 0 Å². The second kappa shape index (κ2) is 3.49. The van der Waals surface area contributed by atoms with Crippen LogP contribution in [0.2, 0.25) is 0 Å². The van der Waals surface area contributed by atoms with Crippen molar-refractivity contribution in [2.45, 2.75) is 24.6 Å². The maximum atomic E-state index is 9.54. The number of rotatable bonds is 1. The lowest BCUT2D eigenvalue weighted by molar-refractivity contribution is -0.253. The van der Waals surface area contributed by atoms with Crippen LogP contribution in [0.1, 0.15) is 0 Å². The van der Waals surface area contributed by atoms with Gasteiger partial charge in [-0.25, -0.2) is 0 Å². The molecule has 2 heterocycles. The fourth-order valence-electron chi connectivity index (χ4n) is 1.44. The second-order valence-electron chi connectivity index (χ2n) is 3.03. The number of aliphatic hydroxyl groups excluding tert-OH is 1. The summed E-state index contributed by atoms with van der Waals surface area (Å²) in [5.74, 6) is 0. The fourth-order valence-corrected chi connectivity index (χ4v) is 1.44. The van der Waals surface area contributed by atoms with Gasteiger partial charge < -0.3 is 19.3 Å². The SMILES string of the molecule is C=C[C@@H]1OC[C@H]2OC=C[C@@H](O)[C@@H]2O1. The van der Waals surface area contributed by atoms with Crippen molar-refractivity contribution in [3.8, 4) is 0 Å². The Bertz CT molecular complexity index is 226. The first kappa shape index (κ1) is 8.74. The highest BCUT2D eigenvalue weighted by molar-refractivity contribution is 4.99. The first-order chi connectivity index (χ1) is 6.31. The Morgan fingerprint density at radius 2 is 2.38 bits per heavy atom. The van der Waals surface area contributed by atoms with E-state index in [2.05, 4.69) is 6.58 Å². The predicted octanol–water partition coefficient (Wildman–Crippen LogP) is 0.187. The summed E-state index contributed by atoms with van der Waals surface area (Å²) in [7, 11) is 0. The van der Waals surface area contributed by atoms with E-state index in [1.807, 2.05) is 0 Å². The molecule has 2 aliphatic heterocycles. The molecule has 0 aromatic rings. The molecule has 0 aromatic carbocycles. The average molecular weight is 184 g/mol. The normalized spacial score (nSPS) is 43.5. The molecular weight excluding hydrogens is 172 g/mol. The number of aliphatic hydroxyl groups is 1. The highest BCUT2D eigenvalue weighted by Gasteiger charge is 2.37. The topological polar surface area (TPSA) is 47.9 Å². The molecule has 0 saturated carbocycles. The van der Waals surface area contributed by atoms with Gasteiger partial charge in [-0.1, -0.05) is 6.58 Å². The molecule has 13 heavy (non-hydrogen) atoms. The lowest BCUT2D eigenvalue weighted by Gasteiger charge is -2.38. The first-order valence-electron chi connectivity index (χ1n) is 4.21. The van der Waals surface area contributed by atoms with E-state index in [1.54, 1.807) is 12.2 Å². The van der Waals surface area contributed by atoms with Crippen LogP contribution in [0, 0.1) is 0 Å². The van der Waals surface area contributed by atoms with Gasteiger partial charge in [-0.15, -0.1) is 0 Å². The maximum Gasteiger partial charge on any atom is 0.177 e. The van der Waals surface area contributed by atoms with Crippen LogP contribution in [0.25, 0.3) is 0 Å². The van der Waals surface area contributed by atoms with E-state index >= 15 is 0 Å². The molecule has 0 aromatic heterocycles. The average Bonchev–Trinajstić information content (AvgIpc) is 2.18. The Hall–Kier alpha value is -0.840. The Morgan fingerprint density at radius 3 is 3.15 bits per heavy atom. The molecule has 4 heteroatoms. The van der Waals surface area contributed by atoms with Crippen LogP contribution in [0.4, 0.5) is 0 Å². The molecule has 0 spiro atoms. The molecule has 1 N–H and O–H groups in total. The maximum absolute atomic E-state index is 9.54.